The summed E-state index contributed by atoms with van der Waals surface area (Å²) in [7, 11) is 1.44. The number of rotatable bonds is 4. The number of hydrogen-bond acceptors (Lipinski definition) is 5. The number of carbonyl (C=O) groups is 2. The van der Waals surface area contributed by atoms with Gasteiger partial charge >= 0.3 is 12.0 Å². The highest BCUT2D eigenvalue weighted by atomic mass is 79.9. The van der Waals surface area contributed by atoms with Crippen LogP contribution in [0.4, 0.5) is 4.79 Å². The number of amides is 2. The number of ether oxygens (including phenoxy) is 2. The summed E-state index contributed by atoms with van der Waals surface area (Å²) in [6, 6.07) is 2.14. The molecule has 1 aromatic carbocycles. The van der Waals surface area contributed by atoms with Gasteiger partial charge in [0.15, 0.2) is 11.5 Å². The minimum atomic E-state index is -0.712. The second-order valence-electron chi connectivity index (χ2n) is 7.50. The molecule has 0 bridgehead atoms. The molecule has 8 heteroatoms. The lowest BCUT2D eigenvalue weighted by atomic mass is 9.94. The number of methoxy groups -OCH3 is 1. The first-order chi connectivity index (χ1) is 13.9. The van der Waals surface area contributed by atoms with Crippen molar-refractivity contribution in [3.8, 4) is 11.5 Å². The molecule has 29 heavy (non-hydrogen) atoms. The summed E-state index contributed by atoms with van der Waals surface area (Å²) in [5.74, 6) is -0.239. The lowest BCUT2D eigenvalue weighted by Crippen LogP contribution is -2.45. The molecular formula is C21H27BrN2O5. The molecule has 3 rings (SSSR count). The van der Waals surface area contributed by atoms with Gasteiger partial charge in [-0.25, -0.2) is 9.59 Å². The van der Waals surface area contributed by atoms with E-state index >= 15 is 0 Å². The number of allylic oxidation sites excluding steroid dienone is 1. The predicted molar refractivity (Wildman–Crippen MR) is 112 cm³/mol. The molecule has 1 saturated carbocycles. The fourth-order valence-corrected chi connectivity index (χ4v) is 4.34. The predicted octanol–water partition coefficient (Wildman–Crippen LogP) is 4.45. The normalized spacial score (nSPS) is 20.9. The Bertz CT molecular complexity index is 816. The zero-order valence-corrected chi connectivity index (χ0v) is 18.3. The number of hydrogen-bond donors (Lipinski definition) is 3. The molecular weight excluding hydrogens is 440 g/mol. The molecule has 1 aliphatic carbocycles. The zero-order valence-electron chi connectivity index (χ0n) is 16.7. The van der Waals surface area contributed by atoms with Crippen molar-refractivity contribution in [1.82, 2.24) is 10.6 Å². The van der Waals surface area contributed by atoms with Gasteiger partial charge in [-0.05, 0) is 66.2 Å². The van der Waals surface area contributed by atoms with Gasteiger partial charge in [-0.1, -0.05) is 19.3 Å². The molecule has 1 fully saturated rings. The Morgan fingerprint density at radius 1 is 1.17 bits per heavy atom. The number of carbonyl (C=O) groups excluding carboxylic acids is 2. The summed E-state index contributed by atoms with van der Waals surface area (Å²) >= 11 is 3.30. The third-order valence-electron chi connectivity index (χ3n) is 5.42. The van der Waals surface area contributed by atoms with Crippen molar-refractivity contribution < 1.29 is 24.2 Å². The van der Waals surface area contributed by atoms with Crippen LogP contribution in [0.1, 0.15) is 63.5 Å². The van der Waals surface area contributed by atoms with Crippen LogP contribution in [0.25, 0.3) is 0 Å². The number of phenols is 1. The van der Waals surface area contributed by atoms with Crippen LogP contribution in [-0.4, -0.2) is 30.3 Å². The fourth-order valence-electron chi connectivity index (χ4n) is 3.88. The average molecular weight is 467 g/mol. The quantitative estimate of drug-likeness (QED) is 0.569. The molecule has 158 valence electrons. The van der Waals surface area contributed by atoms with Gasteiger partial charge in [-0.2, -0.15) is 0 Å². The van der Waals surface area contributed by atoms with Crippen LogP contribution in [-0.2, 0) is 9.53 Å². The standard InChI is InChI=1S/C21H27BrN2O5/c1-12-17(20(26)29-14-8-6-4-3-5-7-9-14)18(24-21(27)23-12)13-10-15(22)19(25)16(11-13)28-2/h10-11,14,18,25H,3-9H2,1-2H3,(H2,23,24,27)/t18-/m1/s1. The van der Waals surface area contributed by atoms with Crippen LogP contribution in [0, 0.1) is 0 Å². The molecule has 1 atom stereocenters. The Kier molecular flexibility index (Phi) is 7.05. The van der Waals surface area contributed by atoms with Crippen LogP contribution in [0.5, 0.6) is 11.5 Å². The number of nitrogens with one attached hydrogen (secondary N) is 2. The summed E-state index contributed by atoms with van der Waals surface area (Å²) < 4.78 is 11.5. The first-order valence-electron chi connectivity index (χ1n) is 9.96. The van der Waals surface area contributed by atoms with Crippen LogP contribution in [0.15, 0.2) is 27.9 Å². The maximum absolute atomic E-state index is 13.1. The largest absolute Gasteiger partial charge is 0.503 e. The van der Waals surface area contributed by atoms with Gasteiger partial charge in [-0.15, -0.1) is 0 Å². The van der Waals surface area contributed by atoms with Gasteiger partial charge in [0.05, 0.1) is 23.2 Å². The van der Waals surface area contributed by atoms with E-state index in [2.05, 4.69) is 26.6 Å². The van der Waals surface area contributed by atoms with E-state index in [0.29, 0.717) is 21.3 Å². The molecule has 1 heterocycles. The number of aromatic hydroxyl groups is 1. The molecule has 2 aliphatic rings. The first kappa shape index (κ1) is 21.5. The maximum atomic E-state index is 13.1. The van der Waals surface area contributed by atoms with Crippen molar-refractivity contribution in [2.75, 3.05) is 7.11 Å². The molecule has 7 nitrogen and oxygen atoms in total. The molecule has 1 aromatic rings. The van der Waals surface area contributed by atoms with Crippen molar-refractivity contribution >= 4 is 27.9 Å². The third-order valence-corrected chi connectivity index (χ3v) is 6.02. The number of benzene rings is 1. The molecule has 0 aromatic heterocycles. The summed E-state index contributed by atoms with van der Waals surface area (Å²) in [5, 5.41) is 15.5. The highest BCUT2D eigenvalue weighted by Gasteiger charge is 2.34. The number of urea groups is 1. The van der Waals surface area contributed by atoms with E-state index in [9.17, 15) is 14.7 Å². The van der Waals surface area contributed by atoms with Gasteiger partial charge < -0.3 is 25.2 Å². The van der Waals surface area contributed by atoms with Crippen LogP contribution >= 0.6 is 15.9 Å². The molecule has 0 unspecified atom stereocenters. The Morgan fingerprint density at radius 2 is 1.83 bits per heavy atom. The Labute approximate surface area is 179 Å². The van der Waals surface area contributed by atoms with E-state index < -0.39 is 18.0 Å². The van der Waals surface area contributed by atoms with Crippen molar-refractivity contribution in [2.24, 2.45) is 0 Å². The minimum absolute atomic E-state index is 0.0455. The van der Waals surface area contributed by atoms with Crippen molar-refractivity contribution in [2.45, 2.75) is 64.0 Å². The van der Waals surface area contributed by atoms with Gasteiger partial charge in [0.25, 0.3) is 0 Å². The van der Waals surface area contributed by atoms with Crippen molar-refractivity contribution in [3.63, 3.8) is 0 Å². The fraction of sp³-hybridized carbons (Fsp3) is 0.524. The lowest BCUT2D eigenvalue weighted by molar-refractivity contribution is -0.145. The topological polar surface area (TPSA) is 96.9 Å². The highest BCUT2D eigenvalue weighted by molar-refractivity contribution is 9.10. The molecule has 1 aliphatic heterocycles. The summed E-state index contributed by atoms with van der Waals surface area (Å²) in [5.41, 5.74) is 1.41. The number of phenolic OH excluding ortho intramolecular Hbond substituents is 1. The van der Waals surface area contributed by atoms with Crippen LogP contribution in [0.2, 0.25) is 0 Å². The van der Waals surface area contributed by atoms with E-state index in [1.165, 1.54) is 13.5 Å². The average Bonchev–Trinajstić information content (AvgIpc) is 2.65. The van der Waals surface area contributed by atoms with E-state index in [-0.39, 0.29) is 17.6 Å². The zero-order chi connectivity index (χ0) is 21.0. The maximum Gasteiger partial charge on any atom is 0.338 e. The number of esters is 1. The van der Waals surface area contributed by atoms with Crippen molar-refractivity contribution in [1.29, 1.82) is 0 Å². The highest BCUT2D eigenvalue weighted by Crippen LogP contribution is 2.39. The van der Waals surface area contributed by atoms with E-state index in [1.54, 1.807) is 19.1 Å². The van der Waals surface area contributed by atoms with Gasteiger partial charge in [0.2, 0.25) is 0 Å². The molecule has 2 amide bonds. The monoisotopic (exact) mass is 466 g/mol. The molecule has 3 N–H and O–H groups in total. The second-order valence-corrected chi connectivity index (χ2v) is 8.35. The Hall–Kier alpha value is -2.22. The SMILES string of the molecule is COc1cc([C@H]2NC(=O)NC(C)=C2C(=O)OC2CCCCCCC2)cc(Br)c1O. The second kappa shape index (κ2) is 9.52. The van der Waals surface area contributed by atoms with Gasteiger partial charge in [0.1, 0.15) is 6.10 Å². The smallest absolute Gasteiger partial charge is 0.338 e. The summed E-state index contributed by atoms with van der Waals surface area (Å²) in [4.78, 5) is 25.2. The van der Waals surface area contributed by atoms with Gasteiger partial charge in [-0.3, -0.25) is 0 Å². The molecule has 0 radical (unpaired) electrons. The van der Waals surface area contributed by atoms with Crippen molar-refractivity contribution in [3.05, 3.63) is 33.4 Å². The van der Waals surface area contributed by atoms with E-state index in [0.717, 1.165) is 38.5 Å². The van der Waals surface area contributed by atoms with Crippen LogP contribution in [0.3, 0.4) is 0 Å². The summed E-state index contributed by atoms with van der Waals surface area (Å²) in [6.07, 6.45) is 7.28. The van der Waals surface area contributed by atoms with Gasteiger partial charge in [0, 0.05) is 5.70 Å². The minimum Gasteiger partial charge on any atom is -0.503 e. The number of halogens is 1. The molecule has 0 saturated heterocycles. The Morgan fingerprint density at radius 3 is 2.48 bits per heavy atom. The van der Waals surface area contributed by atoms with E-state index in [4.69, 9.17) is 9.47 Å². The van der Waals surface area contributed by atoms with E-state index in [1.807, 2.05) is 0 Å². The first-order valence-corrected chi connectivity index (χ1v) is 10.8. The Balaban J connectivity index is 1.89. The summed E-state index contributed by atoms with van der Waals surface area (Å²) in [6.45, 7) is 1.69. The third kappa shape index (κ3) is 5.04. The lowest BCUT2D eigenvalue weighted by Gasteiger charge is -2.30. The molecule has 0 spiro atoms. The van der Waals surface area contributed by atoms with Crippen LogP contribution < -0.4 is 15.4 Å².